The Hall–Kier alpha value is -2.37. The molecule has 1 aromatic rings. The summed E-state index contributed by atoms with van der Waals surface area (Å²) in [6.45, 7) is 1.33. The van der Waals surface area contributed by atoms with Crippen LogP contribution >= 0.6 is 0 Å². The molecule has 0 radical (unpaired) electrons. The van der Waals surface area contributed by atoms with Crippen molar-refractivity contribution in [3.63, 3.8) is 0 Å². The summed E-state index contributed by atoms with van der Waals surface area (Å²) in [5.41, 5.74) is 0.804. The van der Waals surface area contributed by atoms with Gasteiger partial charge in [0.2, 0.25) is 5.91 Å². The summed E-state index contributed by atoms with van der Waals surface area (Å²) in [5, 5.41) is 11.8. The molecule has 1 amide bonds. The van der Waals surface area contributed by atoms with E-state index in [0.29, 0.717) is 6.42 Å². The van der Waals surface area contributed by atoms with E-state index >= 15 is 0 Å². The van der Waals surface area contributed by atoms with Crippen molar-refractivity contribution in [2.45, 2.75) is 32.2 Å². The normalized spacial score (nSPS) is 11.5. The fraction of sp³-hybridized carbons (Fsp3) is 0.400. The number of hydrogen-bond donors (Lipinski definition) is 2. The second kappa shape index (κ2) is 8.04. The number of hydrogen-bond acceptors (Lipinski definition) is 5. The third-order valence-electron chi connectivity index (χ3n) is 2.95. The average Bonchev–Trinajstić information content (AvgIpc) is 2.45. The first-order valence-electron chi connectivity index (χ1n) is 6.57. The van der Waals surface area contributed by atoms with E-state index < -0.39 is 12.0 Å². The zero-order valence-electron chi connectivity index (χ0n) is 12.1. The van der Waals surface area contributed by atoms with Gasteiger partial charge >= 0.3 is 5.97 Å². The zero-order chi connectivity index (χ0) is 15.8. The minimum atomic E-state index is -0.698. The van der Waals surface area contributed by atoms with Gasteiger partial charge in [-0.15, -0.1) is 0 Å². The van der Waals surface area contributed by atoms with Crippen LogP contribution in [0.25, 0.3) is 0 Å². The number of nitrogens with one attached hydrogen (secondary N) is 1. The molecule has 0 fully saturated rings. The third-order valence-corrected chi connectivity index (χ3v) is 2.95. The van der Waals surface area contributed by atoms with Crippen molar-refractivity contribution in [1.29, 1.82) is 0 Å². The van der Waals surface area contributed by atoms with Crippen LogP contribution in [0.15, 0.2) is 24.3 Å². The molecule has 0 saturated carbocycles. The SMILES string of the molecule is COC(=O)CCC(=O)[C@H](Cc1ccc(O)cc1)NC(C)=O. The maximum Gasteiger partial charge on any atom is 0.305 e. The minimum Gasteiger partial charge on any atom is -0.508 e. The van der Waals surface area contributed by atoms with Crippen LogP contribution in [0.4, 0.5) is 0 Å². The van der Waals surface area contributed by atoms with Crippen LogP contribution < -0.4 is 5.32 Å². The molecular weight excluding hydrogens is 274 g/mol. The summed E-state index contributed by atoms with van der Waals surface area (Å²) >= 11 is 0. The number of phenols is 1. The number of aromatic hydroxyl groups is 1. The molecule has 6 heteroatoms. The summed E-state index contributed by atoms with van der Waals surface area (Å²) in [6, 6.07) is 5.69. The van der Waals surface area contributed by atoms with Gasteiger partial charge in [-0.25, -0.2) is 0 Å². The van der Waals surface area contributed by atoms with Crippen molar-refractivity contribution in [2.75, 3.05) is 7.11 Å². The lowest BCUT2D eigenvalue weighted by Crippen LogP contribution is -2.41. The molecule has 0 aliphatic carbocycles. The molecule has 1 aromatic carbocycles. The Kier molecular flexibility index (Phi) is 6.39. The van der Waals surface area contributed by atoms with Crippen LogP contribution in [0.1, 0.15) is 25.3 Å². The molecule has 0 aromatic heterocycles. The maximum atomic E-state index is 12.1. The van der Waals surface area contributed by atoms with Gasteiger partial charge < -0.3 is 15.2 Å². The van der Waals surface area contributed by atoms with Gasteiger partial charge in [-0.1, -0.05) is 12.1 Å². The van der Waals surface area contributed by atoms with Gasteiger partial charge in [-0.05, 0) is 24.1 Å². The lowest BCUT2D eigenvalue weighted by molar-refractivity contribution is -0.142. The fourth-order valence-corrected chi connectivity index (χ4v) is 1.86. The van der Waals surface area contributed by atoms with Gasteiger partial charge in [0, 0.05) is 13.3 Å². The molecule has 0 heterocycles. The Morgan fingerprint density at radius 1 is 1.19 bits per heavy atom. The second-order valence-corrected chi connectivity index (χ2v) is 4.67. The van der Waals surface area contributed by atoms with Gasteiger partial charge in [-0.3, -0.25) is 14.4 Å². The molecule has 0 unspecified atom stereocenters. The van der Waals surface area contributed by atoms with Gasteiger partial charge in [-0.2, -0.15) is 0 Å². The molecule has 0 aliphatic rings. The highest BCUT2D eigenvalue weighted by molar-refractivity contribution is 5.90. The molecule has 6 nitrogen and oxygen atoms in total. The van der Waals surface area contributed by atoms with Crippen molar-refractivity contribution >= 4 is 17.7 Å². The van der Waals surface area contributed by atoms with Crippen molar-refractivity contribution in [3.8, 4) is 5.75 Å². The summed E-state index contributed by atoms with van der Waals surface area (Å²) < 4.78 is 4.49. The van der Waals surface area contributed by atoms with Crippen LogP contribution in [0.2, 0.25) is 0 Å². The first kappa shape index (κ1) is 16.7. The van der Waals surface area contributed by atoms with Crippen molar-refractivity contribution in [3.05, 3.63) is 29.8 Å². The molecule has 0 saturated heterocycles. The Bertz CT molecular complexity index is 509. The molecule has 0 bridgehead atoms. The molecule has 1 atom stereocenters. The van der Waals surface area contributed by atoms with Gasteiger partial charge in [0.05, 0.1) is 19.6 Å². The van der Waals surface area contributed by atoms with E-state index in [1.54, 1.807) is 12.1 Å². The fourth-order valence-electron chi connectivity index (χ4n) is 1.86. The molecular formula is C15H19NO5. The van der Waals surface area contributed by atoms with E-state index in [-0.39, 0.29) is 30.3 Å². The van der Waals surface area contributed by atoms with Crippen molar-refractivity contribution in [2.24, 2.45) is 0 Å². The Labute approximate surface area is 123 Å². The first-order chi connectivity index (χ1) is 9.92. The molecule has 21 heavy (non-hydrogen) atoms. The predicted molar refractivity (Wildman–Crippen MR) is 75.7 cm³/mol. The number of Topliss-reactive ketones (excluding diaryl/α,β-unsaturated/α-hetero) is 1. The van der Waals surface area contributed by atoms with Crippen LogP contribution in [0.5, 0.6) is 5.75 Å². The topological polar surface area (TPSA) is 92.7 Å². The number of esters is 1. The number of ether oxygens (including phenoxy) is 1. The summed E-state index contributed by atoms with van der Waals surface area (Å²) in [7, 11) is 1.26. The van der Waals surface area contributed by atoms with Gasteiger partial charge in [0.15, 0.2) is 5.78 Å². The second-order valence-electron chi connectivity index (χ2n) is 4.67. The number of carbonyl (C=O) groups is 3. The van der Waals surface area contributed by atoms with E-state index in [9.17, 15) is 19.5 Å². The number of ketones is 1. The molecule has 2 N–H and O–H groups in total. The van der Waals surface area contributed by atoms with E-state index in [1.165, 1.54) is 26.2 Å². The number of carbonyl (C=O) groups excluding carboxylic acids is 3. The Morgan fingerprint density at radius 2 is 1.81 bits per heavy atom. The highest BCUT2D eigenvalue weighted by Crippen LogP contribution is 2.12. The third kappa shape index (κ3) is 6.07. The Balaban J connectivity index is 2.70. The smallest absolute Gasteiger partial charge is 0.305 e. The number of benzene rings is 1. The number of amides is 1. The highest BCUT2D eigenvalue weighted by Gasteiger charge is 2.20. The minimum absolute atomic E-state index is 0.00963. The maximum absolute atomic E-state index is 12.1. The first-order valence-corrected chi connectivity index (χ1v) is 6.57. The zero-order valence-corrected chi connectivity index (χ0v) is 12.1. The van der Waals surface area contributed by atoms with Crippen molar-refractivity contribution in [1.82, 2.24) is 5.32 Å². The van der Waals surface area contributed by atoms with Crippen molar-refractivity contribution < 1.29 is 24.2 Å². The van der Waals surface area contributed by atoms with Crippen LogP contribution in [-0.2, 0) is 25.5 Å². The molecule has 114 valence electrons. The molecule has 1 rings (SSSR count). The van der Waals surface area contributed by atoms with E-state index in [0.717, 1.165) is 5.56 Å². The monoisotopic (exact) mass is 293 g/mol. The number of phenolic OH excluding ortho intramolecular Hbond substituents is 1. The van der Waals surface area contributed by atoms with E-state index in [4.69, 9.17) is 0 Å². The number of methoxy groups -OCH3 is 1. The lowest BCUT2D eigenvalue weighted by Gasteiger charge is -2.16. The van der Waals surface area contributed by atoms with E-state index in [2.05, 4.69) is 10.1 Å². The predicted octanol–water partition coefficient (Wildman–Crippen LogP) is 0.962. The standard InChI is InChI=1S/C15H19NO5/c1-10(17)16-13(14(19)7-8-15(20)21-2)9-11-3-5-12(18)6-4-11/h3-6,13,18H,7-9H2,1-2H3,(H,16,17)/t13-/m0/s1. The van der Waals surface area contributed by atoms with Crippen LogP contribution in [0, 0.1) is 0 Å². The quantitative estimate of drug-likeness (QED) is 0.730. The summed E-state index contributed by atoms with van der Waals surface area (Å²) in [6.07, 6.45) is 0.302. The van der Waals surface area contributed by atoms with Crippen LogP contribution in [0.3, 0.4) is 0 Å². The highest BCUT2D eigenvalue weighted by atomic mass is 16.5. The Morgan fingerprint density at radius 3 is 2.33 bits per heavy atom. The summed E-state index contributed by atoms with van der Waals surface area (Å²) in [4.78, 5) is 34.4. The average molecular weight is 293 g/mol. The van der Waals surface area contributed by atoms with E-state index in [1.807, 2.05) is 0 Å². The van der Waals surface area contributed by atoms with Gasteiger partial charge in [0.25, 0.3) is 0 Å². The largest absolute Gasteiger partial charge is 0.508 e. The van der Waals surface area contributed by atoms with Gasteiger partial charge in [0.1, 0.15) is 5.75 Å². The van der Waals surface area contributed by atoms with Crippen LogP contribution in [-0.4, -0.2) is 35.9 Å². The lowest BCUT2D eigenvalue weighted by atomic mass is 9.99. The molecule has 0 spiro atoms. The molecule has 0 aliphatic heterocycles. The number of rotatable bonds is 7. The summed E-state index contributed by atoms with van der Waals surface area (Å²) in [5.74, 6) is -0.879.